The zero-order valence-corrected chi connectivity index (χ0v) is 17.0. The number of amides is 1. The second kappa shape index (κ2) is 9.03. The summed E-state index contributed by atoms with van der Waals surface area (Å²) in [5.41, 5.74) is 2.37. The molecule has 1 aromatic carbocycles. The summed E-state index contributed by atoms with van der Waals surface area (Å²) in [4.78, 5) is 24.0. The molecule has 3 heterocycles. The van der Waals surface area contributed by atoms with E-state index in [1.807, 2.05) is 34.7 Å². The van der Waals surface area contributed by atoms with Gasteiger partial charge in [0, 0.05) is 43.5 Å². The van der Waals surface area contributed by atoms with Crippen LogP contribution in [-0.4, -0.2) is 38.4 Å². The Hall–Kier alpha value is -2.95. The van der Waals surface area contributed by atoms with E-state index in [-0.39, 0.29) is 5.91 Å². The second-order valence-corrected chi connectivity index (χ2v) is 7.78. The fourth-order valence-corrected chi connectivity index (χ4v) is 4.11. The van der Waals surface area contributed by atoms with Gasteiger partial charge in [-0.25, -0.2) is 9.97 Å². The van der Waals surface area contributed by atoms with Gasteiger partial charge in [0.15, 0.2) is 0 Å². The maximum Gasteiger partial charge on any atom is 0.222 e. The van der Waals surface area contributed by atoms with Crippen LogP contribution in [0.2, 0.25) is 0 Å². The van der Waals surface area contributed by atoms with Crippen molar-refractivity contribution in [1.82, 2.24) is 19.4 Å². The fourth-order valence-electron chi connectivity index (χ4n) is 4.11. The number of pyridine rings is 1. The van der Waals surface area contributed by atoms with Crippen LogP contribution in [-0.2, 0) is 11.2 Å². The number of likely N-dealkylation sites (tertiary alicyclic amines) is 1. The van der Waals surface area contributed by atoms with Gasteiger partial charge in [0.05, 0.1) is 0 Å². The van der Waals surface area contributed by atoms with Gasteiger partial charge < -0.3 is 4.90 Å². The summed E-state index contributed by atoms with van der Waals surface area (Å²) in [6.07, 6.45) is 8.31. The maximum atomic E-state index is 12.8. The number of hydrogen-bond acceptors (Lipinski definition) is 3. The van der Waals surface area contributed by atoms with E-state index in [0.29, 0.717) is 12.3 Å². The van der Waals surface area contributed by atoms with Gasteiger partial charge in [0.1, 0.15) is 11.6 Å². The molecule has 1 aliphatic heterocycles. The van der Waals surface area contributed by atoms with Gasteiger partial charge in [-0.15, -0.1) is 0 Å². The average Bonchev–Trinajstić information content (AvgIpc) is 3.20. The third-order valence-electron chi connectivity index (χ3n) is 5.72. The first-order valence-corrected chi connectivity index (χ1v) is 10.5. The fraction of sp³-hybridized carbons (Fsp3) is 0.375. The molecule has 0 unspecified atom stereocenters. The lowest BCUT2D eigenvalue weighted by molar-refractivity contribution is -0.132. The van der Waals surface area contributed by atoms with Crippen LogP contribution in [0, 0.1) is 6.92 Å². The van der Waals surface area contributed by atoms with Crippen molar-refractivity contribution in [2.75, 3.05) is 13.1 Å². The SMILES string of the molecule is Cc1nccn1-c1cccc([C@H]2CCCN(C(=O)CCCc3ccccc3)C2)n1. The lowest BCUT2D eigenvalue weighted by Gasteiger charge is -2.32. The Morgan fingerprint density at radius 3 is 2.79 bits per heavy atom. The first-order chi connectivity index (χ1) is 14.2. The minimum absolute atomic E-state index is 0.271. The average molecular weight is 389 g/mol. The highest BCUT2D eigenvalue weighted by Gasteiger charge is 2.25. The van der Waals surface area contributed by atoms with Gasteiger partial charge >= 0.3 is 0 Å². The zero-order valence-electron chi connectivity index (χ0n) is 17.0. The van der Waals surface area contributed by atoms with Crippen LogP contribution >= 0.6 is 0 Å². The highest BCUT2D eigenvalue weighted by Crippen LogP contribution is 2.27. The summed E-state index contributed by atoms with van der Waals surface area (Å²) in [7, 11) is 0. The third kappa shape index (κ3) is 4.73. The monoisotopic (exact) mass is 388 g/mol. The van der Waals surface area contributed by atoms with Crippen molar-refractivity contribution in [2.24, 2.45) is 0 Å². The maximum absolute atomic E-state index is 12.8. The number of imidazole rings is 1. The molecule has 4 rings (SSSR count). The van der Waals surface area contributed by atoms with Gasteiger partial charge in [-0.1, -0.05) is 36.4 Å². The summed E-state index contributed by atoms with van der Waals surface area (Å²) in [6, 6.07) is 16.5. The van der Waals surface area contributed by atoms with Crippen LogP contribution in [0.25, 0.3) is 5.82 Å². The van der Waals surface area contributed by atoms with Gasteiger partial charge in [-0.2, -0.15) is 0 Å². The van der Waals surface area contributed by atoms with Gasteiger partial charge in [-0.05, 0) is 50.3 Å². The Bertz CT molecular complexity index is 950. The molecular weight excluding hydrogens is 360 g/mol. The van der Waals surface area contributed by atoms with Gasteiger partial charge in [0.2, 0.25) is 5.91 Å². The first-order valence-electron chi connectivity index (χ1n) is 10.5. The molecule has 5 nitrogen and oxygen atoms in total. The first kappa shape index (κ1) is 19.4. The Morgan fingerprint density at radius 2 is 2.00 bits per heavy atom. The van der Waals surface area contributed by atoms with Gasteiger partial charge in [-0.3, -0.25) is 9.36 Å². The summed E-state index contributed by atoms with van der Waals surface area (Å²) in [6.45, 7) is 3.61. The van der Waals surface area contributed by atoms with Crippen LogP contribution in [0.4, 0.5) is 0 Å². The summed E-state index contributed by atoms with van der Waals surface area (Å²) >= 11 is 0. The molecule has 0 spiro atoms. The highest BCUT2D eigenvalue weighted by atomic mass is 16.2. The lowest BCUT2D eigenvalue weighted by atomic mass is 9.94. The van der Waals surface area contributed by atoms with Crippen LogP contribution < -0.4 is 0 Å². The Labute approximate surface area is 172 Å². The van der Waals surface area contributed by atoms with Crippen molar-refractivity contribution >= 4 is 5.91 Å². The number of aromatic nitrogens is 3. The van der Waals surface area contributed by atoms with E-state index >= 15 is 0 Å². The second-order valence-electron chi connectivity index (χ2n) is 7.78. The normalized spacial score (nSPS) is 16.7. The number of benzene rings is 1. The molecule has 2 aromatic heterocycles. The topological polar surface area (TPSA) is 51.0 Å². The molecule has 0 radical (unpaired) electrons. The smallest absolute Gasteiger partial charge is 0.222 e. The van der Waals surface area contributed by atoms with E-state index in [4.69, 9.17) is 4.98 Å². The minimum atomic E-state index is 0.271. The van der Waals surface area contributed by atoms with Crippen LogP contribution in [0.1, 0.15) is 48.7 Å². The Balaban J connectivity index is 1.37. The molecule has 150 valence electrons. The Kier molecular flexibility index (Phi) is 6.03. The predicted octanol–water partition coefficient (Wildman–Crippen LogP) is 4.30. The van der Waals surface area contributed by atoms with Crippen molar-refractivity contribution < 1.29 is 4.79 Å². The Morgan fingerprint density at radius 1 is 1.14 bits per heavy atom. The number of aryl methyl sites for hydroxylation is 2. The molecule has 0 bridgehead atoms. The molecule has 0 N–H and O–H groups in total. The van der Waals surface area contributed by atoms with E-state index in [1.54, 1.807) is 6.20 Å². The lowest BCUT2D eigenvalue weighted by Crippen LogP contribution is -2.39. The standard InChI is InChI=1S/C24H28N4O/c1-19-25-15-17-28(19)23-13-6-12-22(26-23)21-11-7-16-27(18-21)24(29)14-5-10-20-8-3-2-4-9-20/h2-4,6,8-9,12-13,15,17,21H,5,7,10-11,14,16,18H2,1H3/t21-/m0/s1. The zero-order chi connectivity index (χ0) is 20.1. The molecule has 1 atom stereocenters. The van der Waals surface area contributed by atoms with Crippen molar-refractivity contribution in [3.05, 3.63) is 78.0 Å². The van der Waals surface area contributed by atoms with Crippen molar-refractivity contribution in [1.29, 1.82) is 0 Å². The number of piperidine rings is 1. The number of nitrogens with zero attached hydrogens (tertiary/aromatic N) is 4. The summed E-state index contributed by atoms with van der Waals surface area (Å²) < 4.78 is 2.00. The van der Waals surface area contributed by atoms with Crippen LogP contribution in [0.5, 0.6) is 0 Å². The summed E-state index contributed by atoms with van der Waals surface area (Å²) in [5, 5.41) is 0. The molecule has 29 heavy (non-hydrogen) atoms. The van der Waals surface area contributed by atoms with Crippen molar-refractivity contribution in [3.63, 3.8) is 0 Å². The number of carbonyl (C=O) groups excluding carboxylic acids is 1. The van der Waals surface area contributed by atoms with Gasteiger partial charge in [0.25, 0.3) is 0 Å². The van der Waals surface area contributed by atoms with E-state index in [0.717, 1.165) is 56.1 Å². The molecule has 1 saturated heterocycles. The number of hydrogen-bond donors (Lipinski definition) is 0. The number of carbonyl (C=O) groups is 1. The van der Waals surface area contributed by atoms with E-state index in [1.165, 1.54) is 5.56 Å². The molecule has 1 fully saturated rings. The van der Waals surface area contributed by atoms with Crippen LogP contribution in [0.15, 0.2) is 60.9 Å². The molecule has 5 heteroatoms. The quantitative estimate of drug-likeness (QED) is 0.632. The molecular formula is C24H28N4O. The van der Waals surface area contributed by atoms with E-state index < -0.39 is 0 Å². The minimum Gasteiger partial charge on any atom is -0.342 e. The molecule has 1 aliphatic rings. The number of rotatable bonds is 6. The molecule has 0 saturated carbocycles. The molecule has 1 amide bonds. The highest BCUT2D eigenvalue weighted by molar-refractivity contribution is 5.76. The predicted molar refractivity (Wildman–Crippen MR) is 114 cm³/mol. The molecule has 0 aliphatic carbocycles. The van der Waals surface area contributed by atoms with E-state index in [9.17, 15) is 4.79 Å². The summed E-state index contributed by atoms with van der Waals surface area (Å²) in [5.74, 6) is 2.38. The third-order valence-corrected chi connectivity index (χ3v) is 5.72. The van der Waals surface area contributed by atoms with Crippen molar-refractivity contribution in [3.8, 4) is 5.82 Å². The van der Waals surface area contributed by atoms with Crippen molar-refractivity contribution in [2.45, 2.75) is 44.9 Å². The molecule has 3 aromatic rings. The van der Waals surface area contributed by atoms with E-state index in [2.05, 4.69) is 41.4 Å². The largest absolute Gasteiger partial charge is 0.342 e. The van der Waals surface area contributed by atoms with Crippen LogP contribution in [0.3, 0.4) is 0 Å².